The first-order valence-electron chi connectivity index (χ1n) is 11.1. The Hall–Kier alpha value is -2.98. The maximum Gasteiger partial charge on any atom is 0.277 e. The zero-order chi connectivity index (χ0) is 23.5. The maximum absolute atomic E-state index is 13.5. The van der Waals surface area contributed by atoms with Gasteiger partial charge in [0, 0.05) is 50.0 Å². The molecule has 1 aliphatic heterocycles. The van der Waals surface area contributed by atoms with Crippen LogP contribution in [0.3, 0.4) is 0 Å². The molecule has 1 aliphatic rings. The molecule has 3 aromatic rings. The second kappa shape index (κ2) is 9.88. The summed E-state index contributed by atoms with van der Waals surface area (Å²) < 4.78 is 12.8. The number of aromatic nitrogens is 4. The van der Waals surface area contributed by atoms with Gasteiger partial charge in [0.2, 0.25) is 5.88 Å². The molecule has 4 rings (SSSR count). The Morgan fingerprint density at radius 3 is 2.70 bits per heavy atom. The molecule has 3 aromatic heterocycles. The number of rotatable bonds is 8. The van der Waals surface area contributed by atoms with Gasteiger partial charge in [-0.15, -0.1) is 11.3 Å². The van der Waals surface area contributed by atoms with E-state index in [-0.39, 0.29) is 17.7 Å². The normalized spacial score (nSPS) is 18.0. The standard InChI is InChI=1S/C23H30N6O3S/c1-6-16-20(26-17-12-29(13-18(17)32-7-2)23-24-10-11-33-23)22(30)28(4)21(27-16)15-8-9-19(31-5)25-14(15)3/h8-11,17-18,26H,6-7,12-13H2,1-5H3/t17-,18+/m1/s1. The van der Waals surface area contributed by atoms with Crippen LogP contribution >= 0.6 is 11.3 Å². The number of nitrogens with zero attached hydrogens (tertiary/aromatic N) is 5. The van der Waals surface area contributed by atoms with Gasteiger partial charge in [0.1, 0.15) is 11.5 Å². The minimum Gasteiger partial charge on any atom is -0.481 e. The molecule has 0 aliphatic carbocycles. The molecule has 0 aromatic carbocycles. The van der Waals surface area contributed by atoms with Gasteiger partial charge in [0.25, 0.3) is 5.56 Å². The molecule has 0 amide bonds. The van der Waals surface area contributed by atoms with E-state index >= 15 is 0 Å². The Labute approximate surface area is 197 Å². The fraction of sp³-hybridized carbons (Fsp3) is 0.478. The molecule has 1 fully saturated rings. The lowest BCUT2D eigenvalue weighted by Crippen LogP contribution is -2.38. The van der Waals surface area contributed by atoms with Gasteiger partial charge in [0.05, 0.1) is 30.6 Å². The first-order chi connectivity index (χ1) is 16.0. The van der Waals surface area contributed by atoms with Crippen LogP contribution in [-0.2, 0) is 18.2 Å². The van der Waals surface area contributed by atoms with Crippen molar-refractivity contribution < 1.29 is 9.47 Å². The molecular formula is C23H30N6O3S. The van der Waals surface area contributed by atoms with Crippen LogP contribution in [0.2, 0.25) is 0 Å². The SMILES string of the molecule is CCO[C@H]1CN(c2nccs2)C[C@H]1Nc1c(CC)nc(-c2ccc(OC)nc2C)n(C)c1=O. The predicted octanol–water partition coefficient (Wildman–Crippen LogP) is 2.88. The number of nitrogens with one attached hydrogen (secondary N) is 1. The van der Waals surface area contributed by atoms with Gasteiger partial charge in [-0.3, -0.25) is 9.36 Å². The van der Waals surface area contributed by atoms with Gasteiger partial charge in [-0.1, -0.05) is 6.92 Å². The van der Waals surface area contributed by atoms with Gasteiger partial charge < -0.3 is 19.7 Å². The first-order valence-corrected chi connectivity index (χ1v) is 12.0. The van der Waals surface area contributed by atoms with Crippen LogP contribution < -0.4 is 20.5 Å². The summed E-state index contributed by atoms with van der Waals surface area (Å²) in [6, 6.07) is 3.62. The zero-order valence-corrected chi connectivity index (χ0v) is 20.5. The van der Waals surface area contributed by atoms with E-state index in [2.05, 4.69) is 20.2 Å². The monoisotopic (exact) mass is 470 g/mol. The number of ether oxygens (including phenoxy) is 2. The lowest BCUT2D eigenvalue weighted by atomic mass is 10.1. The van der Waals surface area contributed by atoms with Crippen LogP contribution in [0, 0.1) is 6.92 Å². The zero-order valence-electron chi connectivity index (χ0n) is 19.7. The summed E-state index contributed by atoms with van der Waals surface area (Å²) in [5.74, 6) is 1.12. The van der Waals surface area contributed by atoms with Crippen molar-refractivity contribution in [1.82, 2.24) is 19.5 Å². The van der Waals surface area contributed by atoms with Crippen molar-refractivity contribution >= 4 is 22.2 Å². The van der Waals surface area contributed by atoms with Crippen LogP contribution in [0.25, 0.3) is 11.4 Å². The van der Waals surface area contributed by atoms with Crippen LogP contribution in [-0.4, -0.2) is 58.5 Å². The minimum atomic E-state index is -0.116. The highest BCUT2D eigenvalue weighted by Crippen LogP contribution is 2.27. The third kappa shape index (κ3) is 4.58. The van der Waals surface area contributed by atoms with Gasteiger partial charge in [-0.05, 0) is 26.3 Å². The quantitative estimate of drug-likeness (QED) is 0.537. The highest BCUT2D eigenvalue weighted by atomic mass is 32.1. The summed E-state index contributed by atoms with van der Waals surface area (Å²) in [6.07, 6.45) is 2.37. The van der Waals surface area contributed by atoms with Crippen LogP contribution in [0.15, 0.2) is 28.5 Å². The Bertz CT molecular complexity index is 1160. The van der Waals surface area contributed by atoms with E-state index in [1.165, 1.54) is 0 Å². The van der Waals surface area contributed by atoms with E-state index in [1.807, 2.05) is 32.2 Å². The van der Waals surface area contributed by atoms with Gasteiger partial charge >= 0.3 is 0 Å². The smallest absolute Gasteiger partial charge is 0.277 e. The number of anilines is 2. The molecule has 0 spiro atoms. The number of aryl methyl sites for hydroxylation is 2. The largest absolute Gasteiger partial charge is 0.481 e. The topological polar surface area (TPSA) is 94.4 Å². The van der Waals surface area contributed by atoms with Crippen molar-refractivity contribution in [3.63, 3.8) is 0 Å². The van der Waals surface area contributed by atoms with Crippen molar-refractivity contribution in [2.75, 3.05) is 37.0 Å². The average molecular weight is 471 g/mol. The number of thiazole rings is 1. The molecule has 1 N–H and O–H groups in total. The van der Waals surface area contributed by atoms with E-state index in [9.17, 15) is 4.79 Å². The first kappa shape index (κ1) is 23.2. The second-order valence-corrected chi connectivity index (χ2v) is 8.80. The molecule has 10 heteroatoms. The van der Waals surface area contributed by atoms with Crippen LogP contribution in [0.4, 0.5) is 10.8 Å². The number of pyridine rings is 1. The summed E-state index contributed by atoms with van der Waals surface area (Å²) >= 11 is 1.60. The summed E-state index contributed by atoms with van der Waals surface area (Å²) in [7, 11) is 3.33. The third-order valence-corrected chi connectivity index (χ3v) is 6.71. The van der Waals surface area contributed by atoms with Crippen LogP contribution in [0.5, 0.6) is 5.88 Å². The molecule has 0 saturated carbocycles. The highest BCUT2D eigenvalue weighted by molar-refractivity contribution is 7.13. The van der Waals surface area contributed by atoms with Gasteiger partial charge in [0.15, 0.2) is 5.13 Å². The third-order valence-electron chi connectivity index (χ3n) is 5.88. The lowest BCUT2D eigenvalue weighted by Gasteiger charge is -2.22. The summed E-state index contributed by atoms with van der Waals surface area (Å²) in [5.41, 5.74) is 2.70. The fourth-order valence-corrected chi connectivity index (χ4v) is 4.85. The van der Waals surface area contributed by atoms with E-state index in [1.54, 1.807) is 42.3 Å². The van der Waals surface area contributed by atoms with E-state index in [4.69, 9.17) is 14.5 Å². The molecule has 2 atom stereocenters. The van der Waals surface area contributed by atoms with E-state index in [0.29, 0.717) is 37.0 Å². The average Bonchev–Trinajstić information content (AvgIpc) is 3.48. The summed E-state index contributed by atoms with van der Waals surface area (Å²) in [6.45, 7) is 7.92. The van der Waals surface area contributed by atoms with Crippen LogP contribution in [0.1, 0.15) is 25.2 Å². The highest BCUT2D eigenvalue weighted by Gasteiger charge is 2.35. The van der Waals surface area contributed by atoms with E-state index < -0.39 is 0 Å². The molecular weight excluding hydrogens is 440 g/mol. The summed E-state index contributed by atoms with van der Waals surface area (Å²) in [4.78, 5) is 29.4. The Morgan fingerprint density at radius 2 is 2.06 bits per heavy atom. The molecule has 33 heavy (non-hydrogen) atoms. The summed E-state index contributed by atoms with van der Waals surface area (Å²) in [5, 5.41) is 6.42. The van der Waals surface area contributed by atoms with E-state index in [0.717, 1.165) is 28.6 Å². The van der Waals surface area contributed by atoms with Gasteiger partial charge in [-0.25, -0.2) is 15.0 Å². The van der Waals surface area contributed by atoms with Gasteiger partial charge in [-0.2, -0.15) is 0 Å². The number of hydrogen-bond acceptors (Lipinski definition) is 9. The minimum absolute atomic E-state index is 0.0520. The van der Waals surface area contributed by atoms with Crippen molar-refractivity contribution in [3.8, 4) is 17.3 Å². The predicted molar refractivity (Wildman–Crippen MR) is 131 cm³/mol. The fourth-order valence-electron chi connectivity index (χ4n) is 4.19. The molecule has 0 bridgehead atoms. The Kier molecular flexibility index (Phi) is 6.94. The Morgan fingerprint density at radius 1 is 1.24 bits per heavy atom. The molecule has 4 heterocycles. The van der Waals surface area contributed by atoms with Crippen molar-refractivity contribution in [3.05, 3.63) is 45.5 Å². The maximum atomic E-state index is 13.5. The molecule has 0 unspecified atom stereocenters. The second-order valence-electron chi connectivity index (χ2n) is 7.93. The number of methoxy groups -OCH3 is 1. The van der Waals surface area contributed by atoms with Crippen molar-refractivity contribution in [2.24, 2.45) is 7.05 Å². The molecule has 0 radical (unpaired) electrons. The lowest BCUT2D eigenvalue weighted by molar-refractivity contribution is 0.0720. The van der Waals surface area contributed by atoms with Crippen molar-refractivity contribution in [1.29, 1.82) is 0 Å². The Balaban J connectivity index is 1.68. The molecule has 9 nitrogen and oxygen atoms in total. The van der Waals surface area contributed by atoms with Crippen molar-refractivity contribution in [2.45, 2.75) is 39.3 Å². The molecule has 176 valence electrons. The molecule has 1 saturated heterocycles. The number of hydrogen-bond donors (Lipinski definition) is 1.